The molecule has 0 aliphatic carbocycles. The summed E-state index contributed by atoms with van der Waals surface area (Å²) in [5.41, 5.74) is 0.510. The Bertz CT molecular complexity index is 659. The van der Waals surface area contributed by atoms with E-state index in [9.17, 15) is 14.4 Å². The molecular formula is C16H21N3O4. The Kier molecular flexibility index (Phi) is 4.58. The first-order valence-electron chi connectivity index (χ1n) is 7.39. The van der Waals surface area contributed by atoms with Crippen molar-refractivity contribution in [3.05, 3.63) is 23.8 Å². The first-order valence-corrected chi connectivity index (χ1v) is 7.39. The summed E-state index contributed by atoms with van der Waals surface area (Å²) < 4.78 is 5.19. The van der Waals surface area contributed by atoms with Crippen molar-refractivity contribution in [1.29, 1.82) is 0 Å². The number of nitrogens with zero attached hydrogens (tertiary/aromatic N) is 1. The summed E-state index contributed by atoms with van der Waals surface area (Å²) in [6.07, 6.45) is 0.460. The van der Waals surface area contributed by atoms with Crippen molar-refractivity contribution < 1.29 is 19.1 Å². The molecular weight excluding hydrogens is 298 g/mol. The fourth-order valence-corrected chi connectivity index (χ4v) is 2.38. The van der Waals surface area contributed by atoms with Gasteiger partial charge in [-0.25, -0.2) is 4.79 Å². The Morgan fingerprint density at radius 3 is 2.65 bits per heavy atom. The number of methoxy groups -OCH3 is 1. The number of hydrogen-bond donors (Lipinski definition) is 2. The first-order chi connectivity index (χ1) is 10.8. The molecule has 124 valence electrons. The largest absolute Gasteiger partial charge is 0.495 e. The number of carbonyl (C=O) groups excluding carboxylic acids is 3. The number of urea groups is 1. The predicted molar refractivity (Wildman–Crippen MR) is 85.3 cm³/mol. The average molecular weight is 319 g/mol. The van der Waals surface area contributed by atoms with Crippen molar-refractivity contribution in [2.24, 2.45) is 0 Å². The zero-order valence-electron chi connectivity index (χ0n) is 13.7. The number of amides is 4. The highest BCUT2D eigenvalue weighted by Crippen LogP contribution is 2.25. The molecule has 4 amide bonds. The maximum Gasteiger partial charge on any atom is 0.325 e. The van der Waals surface area contributed by atoms with E-state index in [1.165, 1.54) is 7.11 Å². The van der Waals surface area contributed by atoms with E-state index in [0.717, 1.165) is 10.5 Å². The lowest BCUT2D eigenvalue weighted by molar-refractivity contribution is -0.133. The van der Waals surface area contributed by atoms with Crippen LogP contribution in [0.2, 0.25) is 0 Å². The second-order valence-electron chi connectivity index (χ2n) is 5.76. The zero-order chi connectivity index (χ0) is 17.2. The second kappa shape index (κ2) is 6.28. The molecule has 1 aliphatic rings. The normalized spacial score (nSPS) is 20.4. The molecule has 1 unspecified atom stereocenters. The van der Waals surface area contributed by atoms with Crippen LogP contribution in [0.4, 0.5) is 10.5 Å². The van der Waals surface area contributed by atoms with Gasteiger partial charge in [0.2, 0.25) is 5.91 Å². The molecule has 2 rings (SSSR count). The molecule has 0 radical (unpaired) electrons. The molecule has 0 bridgehead atoms. The summed E-state index contributed by atoms with van der Waals surface area (Å²) in [5, 5.41) is 5.29. The number of benzene rings is 1. The molecule has 1 fully saturated rings. The summed E-state index contributed by atoms with van der Waals surface area (Å²) >= 11 is 0. The van der Waals surface area contributed by atoms with Crippen LogP contribution in [0.25, 0.3) is 0 Å². The third kappa shape index (κ3) is 3.28. The van der Waals surface area contributed by atoms with E-state index in [0.29, 0.717) is 17.9 Å². The van der Waals surface area contributed by atoms with Crippen molar-refractivity contribution in [1.82, 2.24) is 10.2 Å². The van der Waals surface area contributed by atoms with E-state index in [-0.39, 0.29) is 6.54 Å². The molecule has 7 nitrogen and oxygen atoms in total. The van der Waals surface area contributed by atoms with Crippen molar-refractivity contribution in [2.75, 3.05) is 19.0 Å². The lowest BCUT2D eigenvalue weighted by Gasteiger charge is -2.19. The summed E-state index contributed by atoms with van der Waals surface area (Å²) in [5.74, 6) is -0.339. The molecule has 0 saturated carbocycles. The predicted octanol–water partition coefficient (Wildman–Crippen LogP) is 1.66. The molecule has 1 aliphatic heterocycles. The van der Waals surface area contributed by atoms with Crippen LogP contribution in [-0.4, -0.2) is 41.9 Å². The van der Waals surface area contributed by atoms with Crippen LogP contribution in [0, 0.1) is 6.92 Å². The van der Waals surface area contributed by atoms with Crippen LogP contribution in [0.5, 0.6) is 5.75 Å². The van der Waals surface area contributed by atoms with Crippen LogP contribution < -0.4 is 15.4 Å². The number of ether oxygens (including phenoxy) is 1. The summed E-state index contributed by atoms with van der Waals surface area (Å²) in [6.45, 7) is 5.00. The monoisotopic (exact) mass is 319 g/mol. The van der Waals surface area contributed by atoms with Crippen molar-refractivity contribution in [3.63, 3.8) is 0 Å². The molecule has 1 atom stereocenters. The fraction of sp³-hybridized carbons (Fsp3) is 0.438. The Balaban J connectivity index is 2.10. The Morgan fingerprint density at radius 1 is 1.39 bits per heavy atom. The molecule has 2 N–H and O–H groups in total. The molecule has 7 heteroatoms. The van der Waals surface area contributed by atoms with Crippen LogP contribution >= 0.6 is 0 Å². The van der Waals surface area contributed by atoms with Crippen molar-refractivity contribution in [3.8, 4) is 5.75 Å². The standard InChI is InChI=1S/C16H21N3O4/c1-5-16(3)14(21)19(15(22)18-16)9-13(20)17-11-8-10(2)6-7-12(11)23-4/h6-8H,5,9H2,1-4H3,(H,17,20)(H,18,22). The van der Waals surface area contributed by atoms with E-state index in [2.05, 4.69) is 10.6 Å². The number of rotatable bonds is 5. The second-order valence-corrected chi connectivity index (χ2v) is 5.76. The average Bonchev–Trinajstić information content (AvgIpc) is 2.71. The Morgan fingerprint density at radius 2 is 2.09 bits per heavy atom. The number of nitrogens with one attached hydrogen (secondary N) is 2. The van der Waals surface area contributed by atoms with E-state index < -0.39 is 23.4 Å². The minimum absolute atomic E-state index is 0.336. The quantitative estimate of drug-likeness (QED) is 0.808. The maximum atomic E-state index is 12.3. The molecule has 0 aromatic heterocycles. The lowest BCUT2D eigenvalue weighted by atomic mass is 9.99. The van der Waals surface area contributed by atoms with Gasteiger partial charge in [-0.1, -0.05) is 13.0 Å². The van der Waals surface area contributed by atoms with Gasteiger partial charge in [0.25, 0.3) is 5.91 Å². The number of imide groups is 1. The molecule has 1 aromatic rings. The molecule has 1 saturated heterocycles. The third-order valence-corrected chi connectivity index (χ3v) is 3.98. The van der Waals surface area contributed by atoms with E-state index in [4.69, 9.17) is 4.74 Å². The van der Waals surface area contributed by atoms with Gasteiger partial charge in [-0.05, 0) is 38.0 Å². The fourth-order valence-electron chi connectivity index (χ4n) is 2.38. The summed E-state index contributed by atoms with van der Waals surface area (Å²) in [4.78, 5) is 37.3. The van der Waals surface area contributed by atoms with Crippen LogP contribution in [0.15, 0.2) is 18.2 Å². The maximum absolute atomic E-state index is 12.3. The van der Waals surface area contributed by atoms with Crippen LogP contribution in [-0.2, 0) is 9.59 Å². The third-order valence-electron chi connectivity index (χ3n) is 3.98. The minimum Gasteiger partial charge on any atom is -0.495 e. The molecule has 23 heavy (non-hydrogen) atoms. The smallest absolute Gasteiger partial charge is 0.325 e. The van der Waals surface area contributed by atoms with Gasteiger partial charge in [-0.2, -0.15) is 0 Å². The van der Waals surface area contributed by atoms with Crippen LogP contribution in [0.1, 0.15) is 25.8 Å². The minimum atomic E-state index is -0.946. The van der Waals surface area contributed by atoms with E-state index >= 15 is 0 Å². The molecule has 0 spiro atoms. The number of carbonyl (C=O) groups is 3. The number of aryl methyl sites for hydroxylation is 1. The Labute approximate surface area is 135 Å². The van der Waals surface area contributed by atoms with E-state index in [1.54, 1.807) is 26.0 Å². The van der Waals surface area contributed by atoms with Crippen LogP contribution in [0.3, 0.4) is 0 Å². The van der Waals surface area contributed by atoms with Gasteiger partial charge in [0.1, 0.15) is 17.8 Å². The van der Waals surface area contributed by atoms with Gasteiger partial charge < -0.3 is 15.4 Å². The SMILES string of the molecule is CCC1(C)NC(=O)N(CC(=O)Nc2cc(C)ccc2OC)C1=O. The zero-order valence-corrected chi connectivity index (χ0v) is 13.7. The van der Waals surface area contributed by atoms with Gasteiger partial charge in [-0.3, -0.25) is 14.5 Å². The topological polar surface area (TPSA) is 87.7 Å². The molecule has 1 heterocycles. The highest BCUT2D eigenvalue weighted by atomic mass is 16.5. The van der Waals surface area contributed by atoms with Gasteiger partial charge >= 0.3 is 6.03 Å². The number of hydrogen-bond acceptors (Lipinski definition) is 4. The highest BCUT2D eigenvalue weighted by Gasteiger charge is 2.46. The first kappa shape index (κ1) is 16.8. The van der Waals surface area contributed by atoms with Gasteiger partial charge in [0.15, 0.2) is 0 Å². The Hall–Kier alpha value is -2.57. The van der Waals surface area contributed by atoms with Crippen molar-refractivity contribution in [2.45, 2.75) is 32.7 Å². The van der Waals surface area contributed by atoms with Gasteiger partial charge in [-0.15, -0.1) is 0 Å². The number of anilines is 1. The summed E-state index contributed by atoms with van der Waals surface area (Å²) in [6, 6.07) is 4.82. The van der Waals surface area contributed by atoms with E-state index in [1.807, 2.05) is 13.0 Å². The molecule has 1 aromatic carbocycles. The van der Waals surface area contributed by atoms with Gasteiger partial charge in [0, 0.05) is 0 Å². The van der Waals surface area contributed by atoms with Crippen molar-refractivity contribution >= 4 is 23.5 Å². The lowest BCUT2D eigenvalue weighted by Crippen LogP contribution is -2.44. The highest BCUT2D eigenvalue weighted by molar-refractivity contribution is 6.10. The van der Waals surface area contributed by atoms with Gasteiger partial charge in [0.05, 0.1) is 12.8 Å². The summed E-state index contributed by atoms with van der Waals surface area (Å²) in [7, 11) is 1.50.